The van der Waals surface area contributed by atoms with Gasteiger partial charge < -0.3 is 4.57 Å². The van der Waals surface area contributed by atoms with Crippen LogP contribution in [0.4, 0.5) is 0 Å². The molecule has 1 atom stereocenters. The number of hydrogen-bond acceptors (Lipinski definition) is 2. The highest BCUT2D eigenvalue weighted by Gasteiger charge is 2.15. The van der Waals surface area contributed by atoms with Crippen LogP contribution in [0.3, 0.4) is 0 Å². The molecule has 3 heteroatoms. The molecular weight excluding hydrogens is 228 g/mol. The number of para-hydroxylation sites is 2. The third kappa shape index (κ3) is 2.49. The first-order chi connectivity index (χ1) is 8.13. The Hall–Kier alpha value is -0.960. The Balaban J connectivity index is 2.37. The van der Waals surface area contributed by atoms with E-state index in [1.807, 2.05) is 6.07 Å². The topological polar surface area (TPSA) is 17.8 Å². The van der Waals surface area contributed by atoms with Crippen LogP contribution in [0.25, 0.3) is 11.0 Å². The van der Waals surface area contributed by atoms with E-state index in [0.717, 1.165) is 23.6 Å². The number of benzene rings is 1. The Bertz CT molecular complexity index is 502. The zero-order chi connectivity index (χ0) is 12.4. The molecule has 2 rings (SSSR count). The second kappa shape index (κ2) is 5.13. The number of nitrogens with zero attached hydrogens (tertiary/aromatic N) is 2. The van der Waals surface area contributed by atoms with Crippen molar-refractivity contribution in [1.82, 2.24) is 9.55 Å². The number of hydrogen-bond donors (Lipinski definition) is 1. The highest BCUT2D eigenvalue weighted by Crippen LogP contribution is 2.21. The lowest BCUT2D eigenvalue weighted by Gasteiger charge is -2.20. The van der Waals surface area contributed by atoms with Gasteiger partial charge in [-0.1, -0.05) is 26.0 Å². The van der Waals surface area contributed by atoms with E-state index in [4.69, 9.17) is 0 Å². The Kier molecular flexibility index (Phi) is 3.77. The average molecular weight is 248 g/mol. The van der Waals surface area contributed by atoms with Crippen molar-refractivity contribution < 1.29 is 0 Å². The quantitative estimate of drug-likeness (QED) is 0.819. The molecule has 0 amide bonds. The molecule has 2 aromatic rings. The van der Waals surface area contributed by atoms with Gasteiger partial charge in [-0.15, -0.1) is 0 Å². The van der Waals surface area contributed by atoms with E-state index >= 15 is 0 Å². The molecule has 0 aliphatic carbocycles. The fourth-order valence-electron chi connectivity index (χ4n) is 2.14. The molecule has 0 fully saturated rings. The van der Waals surface area contributed by atoms with Gasteiger partial charge in [0.25, 0.3) is 0 Å². The van der Waals surface area contributed by atoms with Crippen molar-refractivity contribution in [2.24, 2.45) is 11.8 Å². The Morgan fingerprint density at radius 3 is 2.65 bits per heavy atom. The zero-order valence-electron chi connectivity index (χ0n) is 10.7. The number of aromatic nitrogens is 2. The summed E-state index contributed by atoms with van der Waals surface area (Å²) in [6.45, 7) is 7.61. The number of aryl methyl sites for hydroxylation is 1. The molecule has 0 bridgehead atoms. The molecule has 0 aliphatic heterocycles. The first kappa shape index (κ1) is 12.5. The summed E-state index contributed by atoms with van der Waals surface area (Å²) in [5.74, 6) is 3.25. The van der Waals surface area contributed by atoms with Crippen molar-refractivity contribution in [1.29, 1.82) is 0 Å². The fraction of sp³-hybridized carbons (Fsp3) is 0.500. The third-order valence-corrected chi connectivity index (χ3v) is 3.91. The summed E-state index contributed by atoms with van der Waals surface area (Å²) in [7, 11) is 0. The summed E-state index contributed by atoms with van der Waals surface area (Å²) in [6.07, 6.45) is 0. The summed E-state index contributed by atoms with van der Waals surface area (Å²) in [6, 6.07) is 8.33. The van der Waals surface area contributed by atoms with Crippen LogP contribution >= 0.6 is 12.6 Å². The lowest BCUT2D eigenvalue weighted by molar-refractivity contribution is 0.373. The molecule has 2 nitrogen and oxygen atoms in total. The summed E-state index contributed by atoms with van der Waals surface area (Å²) in [4.78, 5) is 4.60. The number of thiol groups is 1. The molecule has 1 unspecified atom stereocenters. The van der Waals surface area contributed by atoms with Crippen LogP contribution in [0.1, 0.15) is 19.7 Å². The number of imidazole rings is 1. The Morgan fingerprint density at radius 2 is 2.00 bits per heavy atom. The molecule has 1 aromatic carbocycles. The van der Waals surface area contributed by atoms with E-state index in [-0.39, 0.29) is 0 Å². The molecule has 0 saturated heterocycles. The maximum atomic E-state index is 4.60. The first-order valence-corrected chi connectivity index (χ1v) is 6.79. The molecule has 92 valence electrons. The molecule has 0 radical (unpaired) electrons. The van der Waals surface area contributed by atoms with Crippen LogP contribution in [0.2, 0.25) is 0 Å². The molecule has 0 aliphatic rings. The SMILES string of the molecule is Cc1nc2ccccc2n1CC(CS)C(C)C. The third-order valence-electron chi connectivity index (χ3n) is 3.44. The molecule has 1 heterocycles. The van der Waals surface area contributed by atoms with Crippen molar-refractivity contribution in [3.8, 4) is 0 Å². The monoisotopic (exact) mass is 248 g/mol. The van der Waals surface area contributed by atoms with E-state index in [0.29, 0.717) is 11.8 Å². The number of fused-ring (bicyclic) bond motifs is 1. The Labute approximate surface area is 108 Å². The molecule has 17 heavy (non-hydrogen) atoms. The van der Waals surface area contributed by atoms with E-state index in [2.05, 4.69) is 61.2 Å². The zero-order valence-corrected chi connectivity index (χ0v) is 11.6. The second-order valence-electron chi connectivity index (χ2n) is 4.95. The Morgan fingerprint density at radius 1 is 1.29 bits per heavy atom. The van der Waals surface area contributed by atoms with Crippen LogP contribution in [0, 0.1) is 18.8 Å². The normalized spacial score (nSPS) is 13.5. The summed E-state index contributed by atoms with van der Waals surface area (Å²) < 4.78 is 2.32. The maximum absolute atomic E-state index is 4.60. The van der Waals surface area contributed by atoms with Crippen LogP contribution in [0.5, 0.6) is 0 Å². The lowest BCUT2D eigenvalue weighted by atomic mass is 9.98. The van der Waals surface area contributed by atoms with Gasteiger partial charge in [0, 0.05) is 6.54 Å². The van der Waals surface area contributed by atoms with E-state index in [1.54, 1.807) is 0 Å². The van der Waals surface area contributed by atoms with Crippen LogP contribution in [-0.2, 0) is 6.54 Å². The van der Waals surface area contributed by atoms with Gasteiger partial charge in [0.1, 0.15) is 5.82 Å². The largest absolute Gasteiger partial charge is 0.328 e. The van der Waals surface area contributed by atoms with Crippen molar-refractivity contribution in [2.45, 2.75) is 27.3 Å². The van der Waals surface area contributed by atoms with Gasteiger partial charge in [-0.25, -0.2) is 4.98 Å². The number of rotatable bonds is 4. The van der Waals surface area contributed by atoms with Crippen LogP contribution in [-0.4, -0.2) is 15.3 Å². The molecule has 0 N–H and O–H groups in total. The predicted octanol–water partition coefficient (Wildman–Crippen LogP) is 3.55. The summed E-state index contributed by atoms with van der Waals surface area (Å²) >= 11 is 4.46. The smallest absolute Gasteiger partial charge is 0.106 e. The van der Waals surface area contributed by atoms with E-state index in [9.17, 15) is 0 Å². The second-order valence-corrected chi connectivity index (χ2v) is 5.31. The minimum absolute atomic E-state index is 0.592. The first-order valence-electron chi connectivity index (χ1n) is 6.16. The van der Waals surface area contributed by atoms with Gasteiger partial charge >= 0.3 is 0 Å². The molecular formula is C14H20N2S. The summed E-state index contributed by atoms with van der Waals surface area (Å²) in [5.41, 5.74) is 2.32. The van der Waals surface area contributed by atoms with Crippen molar-refractivity contribution >= 4 is 23.7 Å². The van der Waals surface area contributed by atoms with Crippen molar-refractivity contribution in [3.63, 3.8) is 0 Å². The predicted molar refractivity (Wildman–Crippen MR) is 76.7 cm³/mol. The standard InChI is InChI=1S/C14H20N2S/c1-10(2)12(9-17)8-16-11(3)15-13-6-4-5-7-14(13)16/h4-7,10,12,17H,8-9H2,1-3H3. The molecule has 1 aromatic heterocycles. The van der Waals surface area contributed by atoms with Gasteiger partial charge in [-0.2, -0.15) is 12.6 Å². The maximum Gasteiger partial charge on any atom is 0.106 e. The lowest BCUT2D eigenvalue weighted by Crippen LogP contribution is -2.18. The molecule has 0 saturated carbocycles. The minimum Gasteiger partial charge on any atom is -0.328 e. The fourth-order valence-corrected chi connectivity index (χ4v) is 2.68. The van der Waals surface area contributed by atoms with E-state index < -0.39 is 0 Å². The van der Waals surface area contributed by atoms with E-state index in [1.165, 1.54) is 5.52 Å². The molecule has 0 spiro atoms. The summed E-state index contributed by atoms with van der Waals surface area (Å²) in [5, 5.41) is 0. The van der Waals surface area contributed by atoms with Gasteiger partial charge in [-0.05, 0) is 36.6 Å². The van der Waals surface area contributed by atoms with Crippen LogP contribution < -0.4 is 0 Å². The van der Waals surface area contributed by atoms with Crippen molar-refractivity contribution in [2.75, 3.05) is 5.75 Å². The minimum atomic E-state index is 0.592. The van der Waals surface area contributed by atoms with Crippen LogP contribution in [0.15, 0.2) is 24.3 Å². The van der Waals surface area contributed by atoms with Gasteiger partial charge in [-0.3, -0.25) is 0 Å². The van der Waals surface area contributed by atoms with Crippen molar-refractivity contribution in [3.05, 3.63) is 30.1 Å². The van der Waals surface area contributed by atoms with Gasteiger partial charge in [0.05, 0.1) is 11.0 Å². The highest BCUT2D eigenvalue weighted by molar-refractivity contribution is 7.80. The highest BCUT2D eigenvalue weighted by atomic mass is 32.1. The van der Waals surface area contributed by atoms with Gasteiger partial charge in [0.15, 0.2) is 0 Å². The average Bonchev–Trinajstić information content (AvgIpc) is 2.61. The van der Waals surface area contributed by atoms with Gasteiger partial charge in [0.2, 0.25) is 0 Å².